The van der Waals surface area contributed by atoms with Crippen LogP contribution in [0.2, 0.25) is 5.28 Å². The van der Waals surface area contributed by atoms with Gasteiger partial charge in [0.2, 0.25) is 15.3 Å². The number of aromatic nitrogens is 2. The molecule has 6 nitrogen and oxygen atoms in total. The molecule has 0 aliphatic carbocycles. The molecule has 0 amide bonds. The van der Waals surface area contributed by atoms with Gasteiger partial charge in [-0.25, -0.2) is 18.4 Å². The number of hydrogen-bond donors (Lipinski definition) is 0. The summed E-state index contributed by atoms with van der Waals surface area (Å²) in [7, 11) is -3.54. The summed E-state index contributed by atoms with van der Waals surface area (Å²) in [5.74, 6) is 0. The fourth-order valence-electron chi connectivity index (χ4n) is 1.59. The Kier molecular flexibility index (Phi) is 3.62. The van der Waals surface area contributed by atoms with Crippen molar-refractivity contribution in [1.29, 1.82) is 0 Å². The maximum Gasteiger partial charge on any atom is 0.246 e. The van der Waals surface area contributed by atoms with Crippen molar-refractivity contribution in [2.45, 2.75) is 17.9 Å². The lowest BCUT2D eigenvalue weighted by molar-refractivity contribution is 0.0102. The van der Waals surface area contributed by atoms with Gasteiger partial charge in [-0.15, -0.1) is 0 Å². The minimum Gasteiger partial charge on any atom is -0.376 e. The third-order valence-electron chi connectivity index (χ3n) is 2.44. The van der Waals surface area contributed by atoms with Crippen LogP contribution in [0, 0.1) is 0 Å². The number of sulfonamides is 1. The van der Waals surface area contributed by atoms with Gasteiger partial charge in [0.15, 0.2) is 0 Å². The summed E-state index contributed by atoms with van der Waals surface area (Å²) < 4.78 is 31.1. The number of hydrogen-bond acceptors (Lipinski definition) is 5. The molecule has 2 heterocycles. The Morgan fingerprint density at radius 1 is 1.47 bits per heavy atom. The monoisotopic (exact) mass is 277 g/mol. The van der Waals surface area contributed by atoms with Crippen molar-refractivity contribution in [3.63, 3.8) is 0 Å². The van der Waals surface area contributed by atoms with Crippen LogP contribution >= 0.6 is 11.6 Å². The summed E-state index contributed by atoms with van der Waals surface area (Å²) in [5, 5.41) is 0.0271. The van der Waals surface area contributed by atoms with E-state index in [1.807, 2.05) is 6.92 Å². The largest absolute Gasteiger partial charge is 0.376 e. The minimum absolute atomic E-state index is 0.0271. The normalized spacial score (nSPS) is 22.6. The van der Waals surface area contributed by atoms with Gasteiger partial charge in [0.25, 0.3) is 0 Å². The highest BCUT2D eigenvalue weighted by atomic mass is 35.5. The highest BCUT2D eigenvalue weighted by Gasteiger charge is 2.29. The van der Waals surface area contributed by atoms with Crippen LogP contribution < -0.4 is 0 Å². The van der Waals surface area contributed by atoms with E-state index >= 15 is 0 Å². The Morgan fingerprint density at radius 2 is 2.12 bits per heavy atom. The number of ether oxygens (including phenoxy) is 1. The fourth-order valence-corrected chi connectivity index (χ4v) is 3.08. The quantitative estimate of drug-likeness (QED) is 0.738. The molecule has 1 fully saturated rings. The van der Waals surface area contributed by atoms with E-state index in [9.17, 15) is 8.42 Å². The third-order valence-corrected chi connectivity index (χ3v) is 4.45. The molecule has 1 atom stereocenters. The Bertz CT molecular complexity index is 491. The van der Waals surface area contributed by atoms with Gasteiger partial charge in [-0.1, -0.05) is 0 Å². The van der Waals surface area contributed by atoms with Gasteiger partial charge in [-0.3, -0.25) is 0 Å². The van der Waals surface area contributed by atoms with E-state index in [0.717, 1.165) is 0 Å². The van der Waals surface area contributed by atoms with Gasteiger partial charge in [-0.05, 0) is 18.5 Å². The van der Waals surface area contributed by atoms with Crippen LogP contribution in [0.4, 0.5) is 0 Å². The van der Waals surface area contributed by atoms with Gasteiger partial charge in [-0.2, -0.15) is 4.31 Å². The Balaban J connectivity index is 2.26. The molecule has 2 rings (SSSR count). The van der Waals surface area contributed by atoms with Crippen LogP contribution in [-0.4, -0.2) is 48.5 Å². The Hall–Kier alpha value is -0.760. The third kappa shape index (κ3) is 2.74. The van der Waals surface area contributed by atoms with Crippen LogP contribution in [0.3, 0.4) is 0 Å². The predicted molar refractivity (Wildman–Crippen MR) is 61.2 cm³/mol. The first kappa shape index (κ1) is 12.7. The predicted octanol–water partition coefficient (Wildman–Crippen LogP) is 0.539. The molecule has 0 saturated carbocycles. The molecule has 1 aliphatic rings. The lowest BCUT2D eigenvalue weighted by Gasteiger charge is -2.30. The van der Waals surface area contributed by atoms with Crippen LogP contribution in [0.5, 0.6) is 0 Å². The van der Waals surface area contributed by atoms with Crippen molar-refractivity contribution in [1.82, 2.24) is 14.3 Å². The Labute approximate surface area is 105 Å². The second kappa shape index (κ2) is 4.85. The summed E-state index contributed by atoms with van der Waals surface area (Å²) in [4.78, 5) is 7.40. The molecule has 1 aliphatic heterocycles. The van der Waals surface area contributed by atoms with Crippen molar-refractivity contribution < 1.29 is 13.2 Å². The molecule has 0 radical (unpaired) electrons. The summed E-state index contributed by atoms with van der Waals surface area (Å²) >= 11 is 5.52. The first-order valence-corrected chi connectivity index (χ1v) is 6.91. The maximum absolute atomic E-state index is 12.2. The second-order valence-corrected chi connectivity index (χ2v) is 6.01. The summed E-state index contributed by atoms with van der Waals surface area (Å²) in [6, 6.07) is 0. The molecule has 1 aromatic rings. The minimum atomic E-state index is -3.54. The topological polar surface area (TPSA) is 72.4 Å². The van der Waals surface area contributed by atoms with E-state index < -0.39 is 10.0 Å². The summed E-state index contributed by atoms with van der Waals surface area (Å²) in [5.41, 5.74) is 0. The first-order chi connectivity index (χ1) is 8.00. The zero-order chi connectivity index (χ0) is 12.5. The average Bonchev–Trinajstić information content (AvgIpc) is 2.29. The average molecular weight is 278 g/mol. The van der Waals surface area contributed by atoms with E-state index in [-0.39, 0.29) is 16.3 Å². The summed E-state index contributed by atoms with van der Waals surface area (Å²) in [6.07, 6.45) is 2.32. The van der Waals surface area contributed by atoms with Gasteiger partial charge < -0.3 is 4.74 Å². The zero-order valence-corrected chi connectivity index (χ0v) is 10.8. The molecule has 1 unspecified atom stereocenters. The maximum atomic E-state index is 12.2. The molecule has 1 aromatic heterocycles. The van der Waals surface area contributed by atoms with E-state index in [2.05, 4.69) is 9.97 Å². The molecule has 0 aromatic carbocycles. The van der Waals surface area contributed by atoms with Gasteiger partial charge in [0.1, 0.15) is 4.90 Å². The van der Waals surface area contributed by atoms with Crippen molar-refractivity contribution in [2.24, 2.45) is 0 Å². The standard InChI is InChI=1S/C9H12ClN3O3S/c1-7-6-13(2-3-16-7)17(14,15)8-4-11-9(10)12-5-8/h4-5,7H,2-3,6H2,1H3. The smallest absolute Gasteiger partial charge is 0.246 e. The molecular weight excluding hydrogens is 266 g/mol. The molecule has 1 saturated heterocycles. The molecule has 17 heavy (non-hydrogen) atoms. The molecule has 0 spiro atoms. The number of rotatable bonds is 2. The lowest BCUT2D eigenvalue weighted by Crippen LogP contribution is -2.44. The van der Waals surface area contributed by atoms with Crippen LogP contribution in [0.1, 0.15) is 6.92 Å². The van der Waals surface area contributed by atoms with E-state index in [1.165, 1.54) is 16.7 Å². The van der Waals surface area contributed by atoms with Crippen molar-refractivity contribution in [3.05, 3.63) is 17.7 Å². The molecule has 0 bridgehead atoms. The van der Waals surface area contributed by atoms with E-state index in [1.54, 1.807) is 0 Å². The Morgan fingerprint density at radius 3 is 2.71 bits per heavy atom. The number of halogens is 1. The van der Waals surface area contributed by atoms with E-state index in [4.69, 9.17) is 16.3 Å². The van der Waals surface area contributed by atoms with Crippen LogP contribution in [0.25, 0.3) is 0 Å². The highest BCUT2D eigenvalue weighted by molar-refractivity contribution is 7.89. The van der Waals surface area contributed by atoms with Gasteiger partial charge >= 0.3 is 0 Å². The molecular formula is C9H12ClN3O3S. The van der Waals surface area contributed by atoms with Gasteiger partial charge in [0.05, 0.1) is 25.1 Å². The summed E-state index contributed by atoms with van der Waals surface area (Å²) in [6.45, 7) is 2.91. The van der Waals surface area contributed by atoms with Gasteiger partial charge in [0, 0.05) is 13.1 Å². The number of nitrogens with zero attached hydrogens (tertiary/aromatic N) is 3. The van der Waals surface area contributed by atoms with E-state index in [0.29, 0.717) is 19.7 Å². The molecule has 94 valence electrons. The first-order valence-electron chi connectivity index (χ1n) is 5.09. The van der Waals surface area contributed by atoms with Crippen molar-refractivity contribution in [3.8, 4) is 0 Å². The highest BCUT2D eigenvalue weighted by Crippen LogP contribution is 2.17. The van der Waals surface area contributed by atoms with Crippen molar-refractivity contribution >= 4 is 21.6 Å². The fraction of sp³-hybridized carbons (Fsp3) is 0.556. The van der Waals surface area contributed by atoms with Crippen LogP contribution in [0.15, 0.2) is 17.3 Å². The van der Waals surface area contributed by atoms with Crippen molar-refractivity contribution in [2.75, 3.05) is 19.7 Å². The lowest BCUT2D eigenvalue weighted by atomic mass is 10.3. The van der Waals surface area contributed by atoms with Crippen LogP contribution in [-0.2, 0) is 14.8 Å². The zero-order valence-electron chi connectivity index (χ0n) is 9.21. The molecule has 8 heteroatoms. The SMILES string of the molecule is CC1CN(S(=O)(=O)c2cnc(Cl)nc2)CCO1. The second-order valence-electron chi connectivity index (χ2n) is 3.73. The molecule has 0 N–H and O–H groups in total. The number of morpholine rings is 1.